The Labute approximate surface area is 127 Å². The first-order valence-electron chi connectivity index (χ1n) is 5.91. The standard InChI is InChI=1S/C12H11FIN3OS/c13-7-3-10-9(4-8(7)14)16-12(19)17(10)5-6-1-2-11(18)15-6/h3-4,6H,1-2,5H2,(H,15,18)(H,16,19). The van der Waals surface area contributed by atoms with Crippen molar-refractivity contribution in [1.82, 2.24) is 14.9 Å². The number of aromatic nitrogens is 2. The second-order valence-corrected chi connectivity index (χ2v) is 6.18. The molecule has 0 bridgehead atoms. The van der Waals surface area contributed by atoms with Crippen LogP contribution in [0, 0.1) is 14.2 Å². The molecule has 2 aromatic rings. The van der Waals surface area contributed by atoms with Crippen LogP contribution in [0.1, 0.15) is 12.8 Å². The summed E-state index contributed by atoms with van der Waals surface area (Å²) in [4.78, 5) is 14.3. The zero-order valence-electron chi connectivity index (χ0n) is 9.87. The third kappa shape index (κ3) is 2.40. The first kappa shape index (κ1) is 13.0. The maximum Gasteiger partial charge on any atom is 0.220 e. The van der Waals surface area contributed by atoms with Gasteiger partial charge in [0.05, 0.1) is 14.6 Å². The van der Waals surface area contributed by atoms with E-state index in [0.717, 1.165) is 17.5 Å². The van der Waals surface area contributed by atoms with Gasteiger partial charge in [-0.3, -0.25) is 4.79 Å². The smallest absolute Gasteiger partial charge is 0.220 e. The van der Waals surface area contributed by atoms with E-state index < -0.39 is 0 Å². The summed E-state index contributed by atoms with van der Waals surface area (Å²) in [5.41, 5.74) is 1.56. The monoisotopic (exact) mass is 391 g/mol. The van der Waals surface area contributed by atoms with Crippen molar-refractivity contribution in [2.45, 2.75) is 25.4 Å². The van der Waals surface area contributed by atoms with E-state index >= 15 is 0 Å². The Morgan fingerprint density at radius 2 is 2.32 bits per heavy atom. The maximum atomic E-state index is 13.7. The largest absolute Gasteiger partial charge is 0.352 e. The molecule has 19 heavy (non-hydrogen) atoms. The molecule has 0 radical (unpaired) electrons. The minimum Gasteiger partial charge on any atom is -0.352 e. The van der Waals surface area contributed by atoms with Gasteiger partial charge >= 0.3 is 0 Å². The number of hydrogen-bond acceptors (Lipinski definition) is 2. The molecule has 3 rings (SSSR count). The van der Waals surface area contributed by atoms with Gasteiger partial charge in [-0.1, -0.05) is 0 Å². The second-order valence-electron chi connectivity index (χ2n) is 4.63. The third-order valence-electron chi connectivity index (χ3n) is 3.30. The summed E-state index contributed by atoms with van der Waals surface area (Å²) in [7, 11) is 0. The Bertz CT molecular complexity index is 724. The molecule has 1 aromatic carbocycles. The number of fused-ring (bicyclic) bond motifs is 1. The Morgan fingerprint density at radius 3 is 3.00 bits per heavy atom. The van der Waals surface area contributed by atoms with E-state index in [1.54, 1.807) is 6.07 Å². The lowest BCUT2D eigenvalue weighted by molar-refractivity contribution is -0.119. The van der Waals surface area contributed by atoms with Gasteiger partial charge < -0.3 is 14.9 Å². The van der Waals surface area contributed by atoms with Gasteiger partial charge in [-0.15, -0.1) is 0 Å². The van der Waals surface area contributed by atoms with Gasteiger partial charge in [0.2, 0.25) is 5.91 Å². The summed E-state index contributed by atoms with van der Waals surface area (Å²) >= 11 is 7.22. The van der Waals surface area contributed by atoms with Crippen LogP contribution >= 0.6 is 34.8 Å². The third-order valence-corrected chi connectivity index (χ3v) is 4.45. The fraction of sp³-hybridized carbons (Fsp3) is 0.333. The number of H-pyrrole nitrogens is 1. The molecule has 1 fully saturated rings. The highest BCUT2D eigenvalue weighted by Gasteiger charge is 2.22. The van der Waals surface area contributed by atoms with Crippen LogP contribution < -0.4 is 5.32 Å². The lowest BCUT2D eigenvalue weighted by Gasteiger charge is -2.11. The van der Waals surface area contributed by atoms with Crippen molar-refractivity contribution in [3.8, 4) is 0 Å². The molecule has 0 aliphatic carbocycles. The van der Waals surface area contributed by atoms with Crippen molar-refractivity contribution in [2.75, 3.05) is 0 Å². The summed E-state index contributed by atoms with van der Waals surface area (Å²) in [6.45, 7) is 0.574. The van der Waals surface area contributed by atoms with Gasteiger partial charge in [0.25, 0.3) is 0 Å². The molecule has 0 spiro atoms. The van der Waals surface area contributed by atoms with E-state index in [0.29, 0.717) is 21.3 Å². The minimum absolute atomic E-state index is 0.0667. The van der Waals surface area contributed by atoms with Crippen LogP contribution in [0.25, 0.3) is 11.0 Å². The number of amides is 1. The summed E-state index contributed by atoms with van der Waals surface area (Å²) in [5, 5.41) is 2.89. The Kier molecular flexibility index (Phi) is 3.34. The number of nitrogens with one attached hydrogen (secondary N) is 2. The number of imidazole rings is 1. The summed E-state index contributed by atoms with van der Waals surface area (Å²) in [6.07, 6.45) is 1.34. The molecule has 1 aromatic heterocycles. The topological polar surface area (TPSA) is 49.8 Å². The maximum absolute atomic E-state index is 13.7. The second kappa shape index (κ2) is 4.86. The van der Waals surface area contributed by atoms with E-state index in [-0.39, 0.29) is 17.8 Å². The predicted molar refractivity (Wildman–Crippen MR) is 81.0 cm³/mol. The zero-order chi connectivity index (χ0) is 13.6. The van der Waals surface area contributed by atoms with Gasteiger partial charge in [0.15, 0.2) is 4.77 Å². The average molecular weight is 391 g/mol. The van der Waals surface area contributed by atoms with Gasteiger partial charge in [0.1, 0.15) is 5.82 Å². The van der Waals surface area contributed by atoms with E-state index in [1.165, 1.54) is 6.07 Å². The van der Waals surface area contributed by atoms with Crippen molar-refractivity contribution < 1.29 is 9.18 Å². The van der Waals surface area contributed by atoms with E-state index in [4.69, 9.17) is 12.2 Å². The van der Waals surface area contributed by atoms with E-state index in [2.05, 4.69) is 10.3 Å². The zero-order valence-corrected chi connectivity index (χ0v) is 12.8. The highest BCUT2D eigenvalue weighted by Crippen LogP contribution is 2.22. The first-order valence-corrected chi connectivity index (χ1v) is 7.40. The quantitative estimate of drug-likeness (QED) is 0.611. The highest BCUT2D eigenvalue weighted by atomic mass is 127. The molecule has 0 saturated carbocycles. The molecule has 2 heterocycles. The lowest BCUT2D eigenvalue weighted by atomic mass is 10.2. The number of benzene rings is 1. The molecule has 1 saturated heterocycles. The Morgan fingerprint density at radius 1 is 1.53 bits per heavy atom. The SMILES string of the molecule is O=C1CCC(Cn2c(=S)[nH]c3cc(I)c(F)cc32)N1. The summed E-state index contributed by atoms with van der Waals surface area (Å²) in [6, 6.07) is 3.30. The highest BCUT2D eigenvalue weighted by molar-refractivity contribution is 14.1. The molecular formula is C12H11FIN3OS. The molecule has 1 aliphatic rings. The number of carbonyl (C=O) groups excluding carboxylic acids is 1. The molecule has 1 unspecified atom stereocenters. The van der Waals surface area contributed by atoms with Crippen LogP contribution in [0.5, 0.6) is 0 Å². The van der Waals surface area contributed by atoms with Crippen LogP contribution in [0.2, 0.25) is 0 Å². The fourth-order valence-corrected chi connectivity index (χ4v) is 3.12. The van der Waals surface area contributed by atoms with Gasteiger partial charge in [-0.2, -0.15) is 0 Å². The van der Waals surface area contributed by atoms with Crippen LogP contribution in [0.15, 0.2) is 12.1 Å². The average Bonchev–Trinajstić information content (AvgIpc) is 2.87. The molecule has 7 heteroatoms. The van der Waals surface area contributed by atoms with Crippen LogP contribution in [-0.4, -0.2) is 21.5 Å². The number of nitrogens with zero attached hydrogens (tertiary/aromatic N) is 1. The molecule has 2 N–H and O–H groups in total. The first-order chi connectivity index (χ1) is 9.04. The van der Waals surface area contributed by atoms with Crippen molar-refractivity contribution in [3.05, 3.63) is 26.3 Å². The van der Waals surface area contributed by atoms with Crippen molar-refractivity contribution >= 4 is 51.7 Å². The van der Waals surface area contributed by atoms with Crippen molar-refractivity contribution in [3.63, 3.8) is 0 Å². The fourth-order valence-electron chi connectivity index (χ4n) is 2.37. The molecule has 1 amide bonds. The normalized spacial score (nSPS) is 19.1. The predicted octanol–water partition coefficient (Wildman–Crippen LogP) is 2.72. The molecule has 1 atom stereocenters. The van der Waals surface area contributed by atoms with Crippen LogP contribution in [-0.2, 0) is 11.3 Å². The number of rotatable bonds is 2. The van der Waals surface area contributed by atoms with E-state index in [9.17, 15) is 9.18 Å². The lowest BCUT2D eigenvalue weighted by Crippen LogP contribution is -2.29. The van der Waals surface area contributed by atoms with E-state index in [1.807, 2.05) is 27.2 Å². The number of carbonyl (C=O) groups is 1. The Hall–Kier alpha value is -0.960. The molecule has 1 aliphatic heterocycles. The summed E-state index contributed by atoms with van der Waals surface area (Å²) in [5.74, 6) is -0.191. The minimum atomic E-state index is -0.258. The molecular weight excluding hydrogens is 380 g/mol. The number of hydrogen-bond donors (Lipinski definition) is 2. The number of aromatic amines is 1. The number of halogens is 2. The van der Waals surface area contributed by atoms with Crippen LogP contribution in [0.4, 0.5) is 4.39 Å². The van der Waals surface area contributed by atoms with Crippen molar-refractivity contribution in [1.29, 1.82) is 0 Å². The summed E-state index contributed by atoms with van der Waals surface area (Å²) < 4.78 is 16.6. The molecule has 4 nitrogen and oxygen atoms in total. The van der Waals surface area contributed by atoms with Crippen molar-refractivity contribution in [2.24, 2.45) is 0 Å². The molecule has 100 valence electrons. The van der Waals surface area contributed by atoms with Gasteiger partial charge in [-0.05, 0) is 47.3 Å². The van der Waals surface area contributed by atoms with Crippen LogP contribution in [0.3, 0.4) is 0 Å². The van der Waals surface area contributed by atoms with Gasteiger partial charge in [-0.25, -0.2) is 4.39 Å². The Balaban J connectivity index is 2.03. The van der Waals surface area contributed by atoms with Gasteiger partial charge in [0, 0.05) is 25.1 Å².